The Morgan fingerprint density at radius 3 is 2.15 bits per heavy atom. The maximum atomic E-state index is 11.5. The van der Waals surface area contributed by atoms with Gasteiger partial charge in [0, 0.05) is 21.1 Å². The van der Waals surface area contributed by atoms with Crippen molar-refractivity contribution in [1.29, 1.82) is 0 Å². The average Bonchev–Trinajstić information content (AvgIpc) is 2.02. The van der Waals surface area contributed by atoms with Gasteiger partial charge in [0.1, 0.15) is 6.10 Å². The first kappa shape index (κ1) is 12.6. The van der Waals surface area contributed by atoms with E-state index in [1.807, 2.05) is 0 Å². The normalized spacial score (nSPS) is 13.8. The highest BCUT2D eigenvalue weighted by atomic mass is 31.2. The molecule has 6 heteroatoms. The Bertz CT molecular complexity index is 207. The van der Waals surface area contributed by atoms with Gasteiger partial charge in [0.05, 0.1) is 6.16 Å². The molecule has 0 N–H and O–H groups in total. The Hall–Kier alpha value is -0.380. The van der Waals surface area contributed by atoms with Gasteiger partial charge in [-0.3, -0.25) is 9.36 Å². The molecule has 78 valence electrons. The predicted molar refractivity (Wildman–Crippen MR) is 47.7 cm³/mol. The highest BCUT2D eigenvalue weighted by Gasteiger charge is 2.25. The highest BCUT2D eigenvalue weighted by Crippen LogP contribution is 2.47. The van der Waals surface area contributed by atoms with Crippen LogP contribution in [-0.4, -0.2) is 32.5 Å². The van der Waals surface area contributed by atoms with Crippen LogP contribution in [0, 0.1) is 0 Å². The van der Waals surface area contributed by atoms with Crippen molar-refractivity contribution in [2.75, 3.05) is 20.4 Å². The van der Waals surface area contributed by atoms with E-state index in [9.17, 15) is 9.36 Å². The van der Waals surface area contributed by atoms with Crippen LogP contribution in [0.1, 0.15) is 13.8 Å². The van der Waals surface area contributed by atoms with E-state index in [4.69, 9.17) is 4.74 Å². The van der Waals surface area contributed by atoms with Crippen LogP contribution < -0.4 is 0 Å². The second-order valence-electron chi connectivity index (χ2n) is 2.58. The Morgan fingerprint density at radius 2 is 1.85 bits per heavy atom. The van der Waals surface area contributed by atoms with E-state index in [1.165, 1.54) is 21.1 Å². The summed E-state index contributed by atoms with van der Waals surface area (Å²) in [6.07, 6.45) is -0.400. The molecule has 0 unspecified atom stereocenters. The molecule has 0 aliphatic carbocycles. The molecule has 13 heavy (non-hydrogen) atoms. The first-order chi connectivity index (χ1) is 5.93. The van der Waals surface area contributed by atoms with E-state index >= 15 is 0 Å². The summed E-state index contributed by atoms with van der Waals surface area (Å²) in [6.45, 7) is 2.92. The quantitative estimate of drug-likeness (QED) is 0.507. The largest absolute Gasteiger partial charge is 0.462 e. The van der Waals surface area contributed by atoms with Crippen LogP contribution in [0.2, 0.25) is 0 Å². The van der Waals surface area contributed by atoms with Crippen molar-refractivity contribution in [3.8, 4) is 0 Å². The Labute approximate surface area is 77.9 Å². The van der Waals surface area contributed by atoms with Crippen molar-refractivity contribution in [1.82, 2.24) is 0 Å². The van der Waals surface area contributed by atoms with Crippen LogP contribution >= 0.6 is 7.60 Å². The van der Waals surface area contributed by atoms with Gasteiger partial charge in [0.25, 0.3) is 0 Å². The molecule has 0 saturated carbocycles. The fourth-order valence-corrected chi connectivity index (χ4v) is 2.01. The van der Waals surface area contributed by atoms with Gasteiger partial charge in [-0.2, -0.15) is 0 Å². The zero-order chi connectivity index (χ0) is 10.5. The summed E-state index contributed by atoms with van der Waals surface area (Å²) in [7, 11) is -0.478. The molecular formula is C7H15O5P. The molecule has 5 nitrogen and oxygen atoms in total. The van der Waals surface area contributed by atoms with Crippen LogP contribution in [0.25, 0.3) is 0 Å². The monoisotopic (exact) mass is 210 g/mol. The lowest BCUT2D eigenvalue weighted by atomic mass is 10.5. The Morgan fingerprint density at radius 1 is 1.38 bits per heavy atom. The fraction of sp³-hybridized carbons (Fsp3) is 0.857. The highest BCUT2D eigenvalue weighted by molar-refractivity contribution is 7.53. The van der Waals surface area contributed by atoms with Crippen LogP contribution in [0.3, 0.4) is 0 Å². The van der Waals surface area contributed by atoms with Crippen LogP contribution in [0.15, 0.2) is 0 Å². The molecule has 0 aromatic carbocycles. The van der Waals surface area contributed by atoms with Crippen LogP contribution in [-0.2, 0) is 23.1 Å². The molecule has 0 radical (unpaired) electrons. The number of hydrogen-bond acceptors (Lipinski definition) is 5. The molecule has 0 aliphatic heterocycles. The minimum Gasteiger partial charge on any atom is -0.462 e. The van der Waals surface area contributed by atoms with Crippen molar-refractivity contribution in [2.24, 2.45) is 0 Å². The Balaban J connectivity index is 4.09. The minimum atomic E-state index is -3.07. The van der Waals surface area contributed by atoms with Gasteiger partial charge in [-0.15, -0.1) is 0 Å². The van der Waals surface area contributed by atoms with Crippen molar-refractivity contribution in [2.45, 2.75) is 20.0 Å². The van der Waals surface area contributed by atoms with Crippen molar-refractivity contribution < 1.29 is 23.1 Å². The SMILES string of the molecule is COP(=O)(C[C@H](C)OC(C)=O)OC. The van der Waals surface area contributed by atoms with Crippen molar-refractivity contribution in [3.05, 3.63) is 0 Å². The van der Waals surface area contributed by atoms with Gasteiger partial charge in [-0.1, -0.05) is 0 Å². The molecule has 0 bridgehead atoms. The molecule has 0 heterocycles. The molecule has 0 aliphatic rings. The maximum Gasteiger partial charge on any atom is 0.333 e. The van der Waals surface area contributed by atoms with Gasteiger partial charge in [-0.05, 0) is 6.92 Å². The third-order valence-electron chi connectivity index (χ3n) is 1.40. The number of rotatable bonds is 5. The van der Waals surface area contributed by atoms with Crippen LogP contribution in [0.4, 0.5) is 0 Å². The van der Waals surface area contributed by atoms with E-state index in [2.05, 4.69) is 9.05 Å². The molecular weight excluding hydrogens is 195 g/mol. The lowest BCUT2D eigenvalue weighted by Crippen LogP contribution is -2.17. The fourth-order valence-electron chi connectivity index (χ4n) is 0.859. The zero-order valence-electron chi connectivity index (χ0n) is 8.27. The third kappa shape index (κ3) is 5.03. The van der Waals surface area contributed by atoms with E-state index in [-0.39, 0.29) is 6.16 Å². The Kier molecular flexibility index (Phi) is 5.21. The lowest BCUT2D eigenvalue weighted by molar-refractivity contribution is -0.144. The third-order valence-corrected chi connectivity index (χ3v) is 3.48. The summed E-state index contributed by atoms with van der Waals surface area (Å²) in [5, 5.41) is 0. The molecule has 0 rings (SSSR count). The van der Waals surface area contributed by atoms with Gasteiger partial charge in [0.2, 0.25) is 0 Å². The summed E-state index contributed by atoms with van der Waals surface area (Å²) in [4.78, 5) is 10.5. The molecule has 0 aromatic rings. The maximum absolute atomic E-state index is 11.5. The first-order valence-corrected chi connectivity index (χ1v) is 5.54. The predicted octanol–water partition coefficient (Wildman–Crippen LogP) is 1.42. The lowest BCUT2D eigenvalue weighted by Gasteiger charge is -2.17. The van der Waals surface area contributed by atoms with E-state index in [1.54, 1.807) is 6.92 Å². The van der Waals surface area contributed by atoms with Crippen molar-refractivity contribution in [3.63, 3.8) is 0 Å². The van der Waals surface area contributed by atoms with E-state index < -0.39 is 19.7 Å². The number of carbonyl (C=O) groups is 1. The number of carbonyl (C=O) groups excluding carboxylic acids is 1. The molecule has 1 atom stereocenters. The van der Waals surface area contributed by atoms with E-state index in [0.717, 1.165) is 0 Å². The standard InChI is InChI=1S/C7H15O5P/c1-6(12-7(2)8)5-13(9,10-3)11-4/h6H,5H2,1-4H3/t6-/m0/s1. The second-order valence-corrected chi connectivity index (χ2v) is 4.90. The molecule has 0 amide bonds. The summed E-state index contributed by atoms with van der Waals surface area (Å²) < 4.78 is 25.6. The van der Waals surface area contributed by atoms with Crippen molar-refractivity contribution >= 4 is 13.6 Å². The zero-order valence-corrected chi connectivity index (χ0v) is 9.17. The van der Waals surface area contributed by atoms with E-state index in [0.29, 0.717) is 0 Å². The summed E-state index contributed by atoms with van der Waals surface area (Å²) >= 11 is 0. The molecule has 0 saturated heterocycles. The topological polar surface area (TPSA) is 61.8 Å². The van der Waals surface area contributed by atoms with Gasteiger partial charge in [0.15, 0.2) is 0 Å². The number of ether oxygens (including phenoxy) is 1. The summed E-state index contributed by atoms with van der Waals surface area (Å²) in [6, 6.07) is 0. The average molecular weight is 210 g/mol. The number of esters is 1. The molecule has 0 aromatic heterocycles. The smallest absolute Gasteiger partial charge is 0.333 e. The minimum absolute atomic E-state index is 0.0690. The summed E-state index contributed by atoms with van der Waals surface area (Å²) in [5.74, 6) is -0.411. The molecule has 0 fully saturated rings. The second kappa shape index (κ2) is 5.37. The van der Waals surface area contributed by atoms with Gasteiger partial charge in [-0.25, -0.2) is 0 Å². The van der Waals surface area contributed by atoms with Crippen LogP contribution in [0.5, 0.6) is 0 Å². The van der Waals surface area contributed by atoms with Gasteiger partial charge >= 0.3 is 13.6 Å². The number of hydrogen-bond donors (Lipinski definition) is 0. The summed E-state index contributed by atoms with van der Waals surface area (Å²) in [5.41, 5.74) is 0. The first-order valence-electron chi connectivity index (χ1n) is 3.81. The molecule has 0 spiro atoms. The van der Waals surface area contributed by atoms with Gasteiger partial charge < -0.3 is 13.8 Å².